The van der Waals surface area contributed by atoms with Crippen LogP contribution in [0.25, 0.3) is 17.1 Å². The lowest BCUT2D eigenvalue weighted by atomic mass is 10.0. The lowest BCUT2D eigenvalue weighted by Crippen LogP contribution is -2.05. The normalized spacial score (nSPS) is 11.0. The monoisotopic (exact) mass is 355 g/mol. The molecule has 4 heteroatoms. The van der Waals surface area contributed by atoms with Crippen molar-refractivity contribution in [3.05, 3.63) is 63.4 Å². The van der Waals surface area contributed by atoms with Gasteiger partial charge in [-0.2, -0.15) is 0 Å². The Labute approximate surface area is 139 Å². The zero-order valence-corrected chi connectivity index (χ0v) is 14.8. The molecule has 1 aromatic heterocycles. The number of halogens is 1. The SMILES string of the molecule is Cc1cc(C)c(-n2c(C)nnc2-c2cccc(Br)c2)c(C)c1. The van der Waals surface area contributed by atoms with Crippen molar-refractivity contribution in [2.24, 2.45) is 0 Å². The summed E-state index contributed by atoms with van der Waals surface area (Å²) in [5.74, 6) is 1.76. The Balaban J connectivity index is 2.28. The molecule has 3 aromatic rings. The lowest BCUT2D eigenvalue weighted by molar-refractivity contribution is 0.953. The van der Waals surface area contributed by atoms with Crippen molar-refractivity contribution in [3.63, 3.8) is 0 Å². The topological polar surface area (TPSA) is 30.7 Å². The second kappa shape index (κ2) is 5.69. The van der Waals surface area contributed by atoms with Crippen molar-refractivity contribution >= 4 is 15.9 Å². The van der Waals surface area contributed by atoms with E-state index >= 15 is 0 Å². The molecule has 0 fully saturated rings. The quantitative estimate of drug-likeness (QED) is 0.652. The number of benzene rings is 2. The summed E-state index contributed by atoms with van der Waals surface area (Å²) in [5.41, 5.74) is 5.96. The fraction of sp³-hybridized carbons (Fsp3) is 0.222. The van der Waals surface area contributed by atoms with E-state index in [1.54, 1.807) is 0 Å². The van der Waals surface area contributed by atoms with Gasteiger partial charge in [0, 0.05) is 10.0 Å². The molecule has 0 bridgehead atoms. The Morgan fingerprint density at radius 3 is 2.23 bits per heavy atom. The molecule has 1 heterocycles. The number of hydrogen-bond acceptors (Lipinski definition) is 2. The molecule has 0 spiro atoms. The Bertz CT molecular complexity index is 826. The van der Waals surface area contributed by atoms with E-state index in [-0.39, 0.29) is 0 Å². The molecule has 0 atom stereocenters. The average molecular weight is 356 g/mol. The van der Waals surface area contributed by atoms with Gasteiger partial charge in [0.05, 0.1) is 5.69 Å². The first-order valence-corrected chi connectivity index (χ1v) is 8.03. The lowest BCUT2D eigenvalue weighted by Gasteiger charge is -2.16. The van der Waals surface area contributed by atoms with E-state index in [2.05, 4.69) is 75.7 Å². The van der Waals surface area contributed by atoms with Gasteiger partial charge in [0.1, 0.15) is 5.82 Å². The van der Waals surface area contributed by atoms with Crippen LogP contribution < -0.4 is 0 Å². The number of aromatic nitrogens is 3. The van der Waals surface area contributed by atoms with Crippen LogP contribution in [0.3, 0.4) is 0 Å². The molecule has 0 N–H and O–H groups in total. The summed E-state index contributed by atoms with van der Waals surface area (Å²) in [6, 6.07) is 12.6. The summed E-state index contributed by atoms with van der Waals surface area (Å²) in [7, 11) is 0. The van der Waals surface area contributed by atoms with Gasteiger partial charge in [0.2, 0.25) is 0 Å². The van der Waals surface area contributed by atoms with E-state index in [1.807, 2.05) is 19.1 Å². The van der Waals surface area contributed by atoms with Crippen molar-refractivity contribution in [1.29, 1.82) is 0 Å². The predicted octanol–water partition coefficient (Wildman–Crippen LogP) is 4.93. The van der Waals surface area contributed by atoms with Gasteiger partial charge in [0.15, 0.2) is 5.82 Å². The molecule has 22 heavy (non-hydrogen) atoms. The molecule has 0 aliphatic rings. The molecule has 3 rings (SSSR count). The molecule has 0 saturated carbocycles. The van der Waals surface area contributed by atoms with Crippen LogP contribution in [0.2, 0.25) is 0 Å². The molecule has 112 valence electrons. The van der Waals surface area contributed by atoms with Crippen LogP contribution in [-0.2, 0) is 0 Å². The zero-order chi connectivity index (χ0) is 15.9. The third kappa shape index (κ3) is 2.59. The number of hydrogen-bond donors (Lipinski definition) is 0. The van der Waals surface area contributed by atoms with Gasteiger partial charge in [-0.15, -0.1) is 10.2 Å². The Morgan fingerprint density at radius 1 is 0.909 bits per heavy atom. The van der Waals surface area contributed by atoms with Gasteiger partial charge >= 0.3 is 0 Å². The Kier molecular flexibility index (Phi) is 3.87. The molecule has 2 aromatic carbocycles. The molecule has 0 radical (unpaired) electrons. The van der Waals surface area contributed by atoms with E-state index in [4.69, 9.17) is 0 Å². The van der Waals surface area contributed by atoms with Crippen molar-refractivity contribution in [2.75, 3.05) is 0 Å². The number of aryl methyl sites for hydroxylation is 4. The molecular formula is C18H18BrN3. The van der Waals surface area contributed by atoms with Gasteiger partial charge in [-0.1, -0.05) is 45.8 Å². The van der Waals surface area contributed by atoms with Gasteiger partial charge < -0.3 is 0 Å². The maximum Gasteiger partial charge on any atom is 0.168 e. The summed E-state index contributed by atoms with van der Waals surface area (Å²) in [5, 5.41) is 8.70. The third-order valence-corrected chi connectivity index (χ3v) is 4.26. The molecule has 0 aliphatic carbocycles. The molecular weight excluding hydrogens is 338 g/mol. The van der Waals surface area contributed by atoms with E-state index in [9.17, 15) is 0 Å². The van der Waals surface area contributed by atoms with E-state index in [0.29, 0.717) is 0 Å². The van der Waals surface area contributed by atoms with E-state index in [0.717, 1.165) is 21.7 Å². The molecule has 0 unspecified atom stereocenters. The van der Waals surface area contributed by atoms with Gasteiger partial charge in [-0.25, -0.2) is 0 Å². The van der Waals surface area contributed by atoms with Crippen LogP contribution in [0.5, 0.6) is 0 Å². The van der Waals surface area contributed by atoms with Crippen LogP contribution in [-0.4, -0.2) is 14.8 Å². The predicted molar refractivity (Wildman–Crippen MR) is 93.4 cm³/mol. The van der Waals surface area contributed by atoms with E-state index < -0.39 is 0 Å². The summed E-state index contributed by atoms with van der Waals surface area (Å²) in [4.78, 5) is 0. The van der Waals surface area contributed by atoms with Gasteiger partial charge in [0.25, 0.3) is 0 Å². The van der Waals surface area contributed by atoms with Crippen LogP contribution in [0, 0.1) is 27.7 Å². The van der Waals surface area contributed by atoms with Gasteiger partial charge in [-0.05, 0) is 51.0 Å². The molecule has 3 nitrogen and oxygen atoms in total. The first-order valence-electron chi connectivity index (χ1n) is 7.23. The number of rotatable bonds is 2. The highest BCUT2D eigenvalue weighted by Gasteiger charge is 2.16. The smallest absolute Gasteiger partial charge is 0.168 e. The molecule has 0 saturated heterocycles. The van der Waals surface area contributed by atoms with E-state index in [1.165, 1.54) is 22.4 Å². The van der Waals surface area contributed by atoms with Crippen molar-refractivity contribution in [1.82, 2.24) is 14.8 Å². The summed E-state index contributed by atoms with van der Waals surface area (Å²) in [6.45, 7) is 8.39. The summed E-state index contributed by atoms with van der Waals surface area (Å²) >= 11 is 3.53. The van der Waals surface area contributed by atoms with Crippen LogP contribution in [0.1, 0.15) is 22.5 Å². The highest BCUT2D eigenvalue weighted by Crippen LogP contribution is 2.29. The minimum Gasteiger partial charge on any atom is -0.279 e. The highest BCUT2D eigenvalue weighted by molar-refractivity contribution is 9.10. The first kappa shape index (κ1) is 15.0. The third-order valence-electron chi connectivity index (χ3n) is 3.77. The maximum atomic E-state index is 4.40. The van der Waals surface area contributed by atoms with Crippen LogP contribution in [0.4, 0.5) is 0 Å². The van der Waals surface area contributed by atoms with Crippen molar-refractivity contribution in [3.8, 4) is 17.1 Å². The maximum absolute atomic E-state index is 4.40. The summed E-state index contributed by atoms with van der Waals surface area (Å²) < 4.78 is 3.18. The molecule has 0 aliphatic heterocycles. The standard InChI is InChI=1S/C18H18BrN3/c1-11-8-12(2)17(13(3)9-11)22-14(4)20-21-18(22)15-6-5-7-16(19)10-15/h5-10H,1-4H3. The minimum atomic E-state index is 0.869. The fourth-order valence-electron chi connectivity index (χ4n) is 2.97. The highest BCUT2D eigenvalue weighted by atomic mass is 79.9. The first-order chi connectivity index (χ1) is 10.5. The summed E-state index contributed by atoms with van der Waals surface area (Å²) in [6.07, 6.45) is 0. The minimum absolute atomic E-state index is 0.869. The molecule has 0 amide bonds. The number of nitrogens with zero attached hydrogens (tertiary/aromatic N) is 3. The largest absolute Gasteiger partial charge is 0.279 e. The fourth-order valence-corrected chi connectivity index (χ4v) is 3.37. The zero-order valence-electron chi connectivity index (χ0n) is 13.2. The Hall–Kier alpha value is -1.94. The van der Waals surface area contributed by atoms with Gasteiger partial charge in [-0.3, -0.25) is 4.57 Å². The second-order valence-electron chi connectivity index (χ2n) is 5.66. The van der Waals surface area contributed by atoms with Crippen LogP contribution in [0.15, 0.2) is 40.9 Å². The van der Waals surface area contributed by atoms with Crippen molar-refractivity contribution < 1.29 is 0 Å². The van der Waals surface area contributed by atoms with Crippen LogP contribution >= 0.6 is 15.9 Å². The Morgan fingerprint density at radius 2 is 1.59 bits per heavy atom. The second-order valence-corrected chi connectivity index (χ2v) is 6.58. The van der Waals surface area contributed by atoms with Crippen molar-refractivity contribution in [2.45, 2.75) is 27.7 Å². The average Bonchev–Trinajstić information content (AvgIpc) is 2.80.